The van der Waals surface area contributed by atoms with Gasteiger partial charge in [-0.15, -0.1) is 0 Å². The van der Waals surface area contributed by atoms with E-state index in [2.05, 4.69) is 15.5 Å². The number of nitrogens with zero attached hydrogens (tertiary/aromatic N) is 3. The number of benzene rings is 1. The molecule has 1 fully saturated rings. The van der Waals surface area contributed by atoms with Gasteiger partial charge in [-0.3, -0.25) is 0 Å². The maximum atomic E-state index is 13.5. The quantitative estimate of drug-likeness (QED) is 0.917. The number of halogens is 1. The highest BCUT2D eigenvalue weighted by Gasteiger charge is 2.27. The zero-order valence-electron chi connectivity index (χ0n) is 14.3. The molecule has 8 heteroatoms. The third-order valence-electron chi connectivity index (χ3n) is 4.16. The lowest BCUT2D eigenvalue weighted by molar-refractivity contribution is 0.187. The first-order chi connectivity index (χ1) is 12.1. The third-order valence-corrected chi connectivity index (χ3v) is 4.16. The minimum Gasteiger partial charge on any atom is -0.492 e. The van der Waals surface area contributed by atoms with Gasteiger partial charge in [-0.05, 0) is 38.8 Å². The number of hydrogen-bond donors (Lipinski definition) is 1. The largest absolute Gasteiger partial charge is 0.492 e. The Morgan fingerprint density at radius 3 is 2.84 bits per heavy atom. The molecule has 0 unspecified atom stereocenters. The summed E-state index contributed by atoms with van der Waals surface area (Å²) in [4.78, 5) is 18.4. The number of piperidine rings is 1. The number of likely N-dealkylation sites (tertiary alicyclic amines) is 1. The van der Waals surface area contributed by atoms with Crippen molar-refractivity contribution >= 4 is 11.7 Å². The summed E-state index contributed by atoms with van der Waals surface area (Å²) in [7, 11) is 0. The van der Waals surface area contributed by atoms with Gasteiger partial charge < -0.3 is 19.5 Å². The molecule has 0 atom stereocenters. The predicted octanol–water partition coefficient (Wildman–Crippen LogP) is 3.33. The zero-order valence-corrected chi connectivity index (χ0v) is 14.3. The summed E-state index contributed by atoms with van der Waals surface area (Å²) < 4.78 is 24.1. The fourth-order valence-corrected chi connectivity index (χ4v) is 2.88. The van der Waals surface area contributed by atoms with Crippen LogP contribution in [0.2, 0.25) is 0 Å². The van der Waals surface area contributed by atoms with Crippen LogP contribution in [0.25, 0.3) is 0 Å². The monoisotopic (exact) mass is 348 g/mol. The van der Waals surface area contributed by atoms with Crippen molar-refractivity contribution in [3.63, 3.8) is 0 Å². The van der Waals surface area contributed by atoms with Crippen molar-refractivity contribution < 1.29 is 18.4 Å². The second kappa shape index (κ2) is 7.50. The number of hydrogen-bond acceptors (Lipinski definition) is 5. The molecule has 1 saturated heterocycles. The van der Waals surface area contributed by atoms with Gasteiger partial charge in [0.25, 0.3) is 0 Å². The summed E-state index contributed by atoms with van der Waals surface area (Å²) in [6, 6.07) is 3.81. The van der Waals surface area contributed by atoms with E-state index in [1.54, 1.807) is 11.8 Å². The van der Waals surface area contributed by atoms with Gasteiger partial charge in [0.1, 0.15) is 11.6 Å². The van der Waals surface area contributed by atoms with E-state index in [0.29, 0.717) is 42.8 Å². The standard InChI is InChI=1S/C17H21FN4O3/c1-3-24-15-5-4-13(18)10-14(15)20-17(23)22-8-6-12(7-9-22)16-19-11(2)21-25-16/h4-5,10,12H,3,6-9H2,1-2H3,(H,20,23). The molecular weight excluding hydrogens is 327 g/mol. The lowest BCUT2D eigenvalue weighted by Crippen LogP contribution is -2.40. The number of urea groups is 1. The maximum absolute atomic E-state index is 13.5. The number of aryl methyl sites for hydroxylation is 1. The number of rotatable bonds is 4. The van der Waals surface area contributed by atoms with E-state index in [0.717, 1.165) is 12.8 Å². The summed E-state index contributed by atoms with van der Waals surface area (Å²) in [5.41, 5.74) is 0.335. The van der Waals surface area contributed by atoms with E-state index in [-0.39, 0.29) is 11.9 Å². The van der Waals surface area contributed by atoms with E-state index >= 15 is 0 Å². The lowest BCUT2D eigenvalue weighted by Gasteiger charge is -2.30. The zero-order chi connectivity index (χ0) is 17.8. The lowest BCUT2D eigenvalue weighted by atomic mass is 9.97. The van der Waals surface area contributed by atoms with Gasteiger partial charge in [-0.1, -0.05) is 5.16 Å². The molecule has 0 bridgehead atoms. The van der Waals surface area contributed by atoms with Crippen LogP contribution in [0.4, 0.5) is 14.9 Å². The van der Waals surface area contributed by atoms with Gasteiger partial charge in [-0.25, -0.2) is 9.18 Å². The molecule has 134 valence electrons. The SMILES string of the molecule is CCOc1ccc(F)cc1NC(=O)N1CCC(c2nc(C)no2)CC1. The number of anilines is 1. The highest BCUT2D eigenvalue weighted by molar-refractivity contribution is 5.91. The predicted molar refractivity (Wildman–Crippen MR) is 89.2 cm³/mol. The van der Waals surface area contributed by atoms with Crippen LogP contribution in [0, 0.1) is 12.7 Å². The van der Waals surface area contributed by atoms with Gasteiger partial charge in [0.15, 0.2) is 5.82 Å². The minimum absolute atomic E-state index is 0.165. The smallest absolute Gasteiger partial charge is 0.321 e. The number of nitrogens with one attached hydrogen (secondary N) is 1. The summed E-state index contributed by atoms with van der Waals surface area (Å²) in [5.74, 6) is 1.43. The Morgan fingerprint density at radius 1 is 1.44 bits per heavy atom. The number of carbonyl (C=O) groups excluding carboxylic acids is 1. The third kappa shape index (κ3) is 4.07. The molecular formula is C17H21FN4O3. The molecule has 25 heavy (non-hydrogen) atoms. The summed E-state index contributed by atoms with van der Waals surface area (Å²) in [6.45, 7) is 5.18. The highest BCUT2D eigenvalue weighted by atomic mass is 19.1. The molecule has 2 heterocycles. The highest BCUT2D eigenvalue weighted by Crippen LogP contribution is 2.29. The van der Waals surface area contributed by atoms with Crippen LogP contribution < -0.4 is 10.1 Å². The van der Waals surface area contributed by atoms with E-state index in [9.17, 15) is 9.18 Å². The normalized spacial score (nSPS) is 15.2. The molecule has 1 N–H and O–H groups in total. The number of carbonyl (C=O) groups is 1. The van der Waals surface area contributed by atoms with Crippen LogP contribution in [-0.4, -0.2) is 40.8 Å². The minimum atomic E-state index is -0.427. The van der Waals surface area contributed by atoms with Crippen LogP contribution in [0.1, 0.15) is 37.4 Å². The van der Waals surface area contributed by atoms with Gasteiger partial charge in [0.2, 0.25) is 5.89 Å². The van der Waals surface area contributed by atoms with E-state index in [4.69, 9.17) is 9.26 Å². The summed E-state index contributed by atoms with van der Waals surface area (Å²) in [5, 5.41) is 6.54. The molecule has 0 radical (unpaired) electrons. The first-order valence-electron chi connectivity index (χ1n) is 8.35. The second-order valence-corrected chi connectivity index (χ2v) is 5.94. The molecule has 0 spiro atoms. The topological polar surface area (TPSA) is 80.5 Å². The van der Waals surface area contributed by atoms with E-state index in [1.165, 1.54) is 18.2 Å². The molecule has 2 aromatic rings. The van der Waals surface area contributed by atoms with Crippen LogP contribution in [0.3, 0.4) is 0 Å². The Hall–Kier alpha value is -2.64. The molecule has 0 saturated carbocycles. The van der Waals surface area contributed by atoms with Crippen molar-refractivity contribution in [3.05, 3.63) is 35.7 Å². The van der Waals surface area contributed by atoms with Crippen molar-refractivity contribution in [2.24, 2.45) is 0 Å². The summed E-state index contributed by atoms with van der Waals surface area (Å²) in [6.07, 6.45) is 1.49. The fourth-order valence-electron chi connectivity index (χ4n) is 2.88. The second-order valence-electron chi connectivity index (χ2n) is 5.94. The fraction of sp³-hybridized carbons (Fsp3) is 0.471. The molecule has 2 amide bonds. The summed E-state index contributed by atoms with van der Waals surface area (Å²) >= 11 is 0. The first kappa shape index (κ1) is 17.2. The van der Waals surface area contributed by atoms with Gasteiger partial charge in [0.05, 0.1) is 12.3 Å². The Balaban J connectivity index is 1.60. The van der Waals surface area contributed by atoms with Crippen LogP contribution in [0.5, 0.6) is 5.75 Å². The molecule has 0 aliphatic carbocycles. The number of amides is 2. The average molecular weight is 348 g/mol. The number of aromatic nitrogens is 2. The molecule has 1 aliphatic heterocycles. The Kier molecular flexibility index (Phi) is 5.16. The van der Waals surface area contributed by atoms with Gasteiger partial charge in [0, 0.05) is 25.1 Å². The molecule has 1 aromatic heterocycles. The van der Waals surface area contributed by atoms with Gasteiger partial charge >= 0.3 is 6.03 Å². The average Bonchev–Trinajstić information content (AvgIpc) is 3.04. The van der Waals surface area contributed by atoms with Crippen molar-refractivity contribution in [2.75, 3.05) is 25.0 Å². The van der Waals surface area contributed by atoms with Crippen LogP contribution in [-0.2, 0) is 0 Å². The van der Waals surface area contributed by atoms with Crippen molar-refractivity contribution in [1.82, 2.24) is 15.0 Å². The van der Waals surface area contributed by atoms with Gasteiger partial charge in [-0.2, -0.15) is 4.98 Å². The first-order valence-corrected chi connectivity index (χ1v) is 8.35. The Bertz CT molecular complexity index is 741. The number of ether oxygens (including phenoxy) is 1. The van der Waals surface area contributed by atoms with Crippen LogP contribution in [0.15, 0.2) is 22.7 Å². The van der Waals surface area contributed by atoms with E-state index in [1.807, 2.05) is 6.92 Å². The van der Waals surface area contributed by atoms with Crippen LogP contribution >= 0.6 is 0 Å². The van der Waals surface area contributed by atoms with Crippen molar-refractivity contribution in [3.8, 4) is 5.75 Å². The Morgan fingerprint density at radius 2 is 2.20 bits per heavy atom. The maximum Gasteiger partial charge on any atom is 0.321 e. The van der Waals surface area contributed by atoms with Crippen molar-refractivity contribution in [1.29, 1.82) is 0 Å². The molecule has 1 aliphatic rings. The molecule has 3 rings (SSSR count). The van der Waals surface area contributed by atoms with Crippen molar-refractivity contribution in [2.45, 2.75) is 32.6 Å². The van der Waals surface area contributed by atoms with E-state index < -0.39 is 5.82 Å². The Labute approximate surface area is 145 Å². The molecule has 1 aromatic carbocycles. The molecule has 7 nitrogen and oxygen atoms in total.